The zero-order chi connectivity index (χ0) is 24.1. The zero-order valence-corrected chi connectivity index (χ0v) is 20.6. The van der Waals surface area contributed by atoms with E-state index in [2.05, 4.69) is 10.3 Å². The van der Waals surface area contributed by atoms with Gasteiger partial charge in [-0.25, -0.2) is 13.4 Å². The molecular weight excluding hydrogens is 476 g/mol. The fraction of sp³-hybridized carbons (Fsp3) is 0.304. The zero-order valence-electron chi connectivity index (χ0n) is 18.9. The predicted octanol–water partition coefficient (Wildman–Crippen LogP) is 2.60. The van der Waals surface area contributed by atoms with Crippen molar-refractivity contribution in [3.8, 4) is 11.5 Å². The number of nitrogens with zero attached hydrogens (tertiary/aromatic N) is 3. The summed E-state index contributed by atoms with van der Waals surface area (Å²) in [6, 6.07) is 12.1. The molecule has 0 aliphatic carbocycles. The van der Waals surface area contributed by atoms with Crippen LogP contribution >= 0.6 is 11.3 Å². The highest BCUT2D eigenvalue weighted by Crippen LogP contribution is 2.31. The van der Waals surface area contributed by atoms with E-state index >= 15 is 0 Å². The molecule has 9 nitrogen and oxygen atoms in total. The van der Waals surface area contributed by atoms with Crippen molar-refractivity contribution in [3.05, 3.63) is 64.5 Å². The molecule has 1 fully saturated rings. The van der Waals surface area contributed by atoms with Crippen molar-refractivity contribution in [2.24, 2.45) is 0 Å². The number of nitrogens with one attached hydrogen (secondary N) is 1. The standard InChI is InChI=1S/C23H26N4O5S2/c1-31-17-7-8-20(32-2)21(15-17)34(29,30)27-12-10-26(11-13-27)22-19(6-3-9-24-22)23(28)25-16-18-5-4-14-33-18/h3-9,14-15H,10-13,16H2,1-2H3,(H,25,28). The van der Waals surface area contributed by atoms with Gasteiger partial charge in [0.25, 0.3) is 5.91 Å². The summed E-state index contributed by atoms with van der Waals surface area (Å²) in [6.45, 7) is 1.73. The lowest BCUT2D eigenvalue weighted by molar-refractivity contribution is 0.0951. The first-order chi connectivity index (χ1) is 16.4. The summed E-state index contributed by atoms with van der Waals surface area (Å²) in [4.78, 5) is 20.3. The summed E-state index contributed by atoms with van der Waals surface area (Å²) in [6.07, 6.45) is 1.63. The predicted molar refractivity (Wildman–Crippen MR) is 130 cm³/mol. The Labute approximate surface area is 203 Å². The number of carbonyl (C=O) groups is 1. The Morgan fingerprint density at radius 2 is 1.88 bits per heavy atom. The number of pyridine rings is 1. The molecule has 1 amide bonds. The van der Waals surface area contributed by atoms with E-state index in [0.717, 1.165) is 4.88 Å². The second kappa shape index (κ2) is 10.4. The Morgan fingerprint density at radius 1 is 1.09 bits per heavy atom. The number of rotatable bonds is 8. The molecular formula is C23H26N4O5S2. The fourth-order valence-electron chi connectivity index (χ4n) is 3.77. The van der Waals surface area contributed by atoms with Crippen LogP contribution in [-0.4, -0.2) is 64.0 Å². The smallest absolute Gasteiger partial charge is 0.255 e. The molecule has 1 N–H and O–H groups in total. The molecule has 4 rings (SSSR count). The van der Waals surface area contributed by atoms with Crippen LogP contribution < -0.4 is 19.7 Å². The summed E-state index contributed by atoms with van der Waals surface area (Å²) in [5, 5.41) is 4.90. The lowest BCUT2D eigenvalue weighted by Gasteiger charge is -2.35. The Bertz CT molecular complexity index is 1240. The van der Waals surface area contributed by atoms with Crippen LogP contribution in [0.4, 0.5) is 5.82 Å². The van der Waals surface area contributed by atoms with Gasteiger partial charge in [0.1, 0.15) is 22.2 Å². The Kier molecular flexibility index (Phi) is 7.35. The van der Waals surface area contributed by atoms with Crippen molar-refractivity contribution in [1.29, 1.82) is 0 Å². The molecule has 0 spiro atoms. The molecule has 1 aromatic carbocycles. The summed E-state index contributed by atoms with van der Waals surface area (Å²) in [5.41, 5.74) is 0.463. The molecule has 3 heterocycles. The summed E-state index contributed by atoms with van der Waals surface area (Å²) >= 11 is 1.58. The lowest BCUT2D eigenvalue weighted by atomic mass is 10.2. The number of ether oxygens (including phenoxy) is 2. The molecule has 2 aromatic heterocycles. The van der Waals surface area contributed by atoms with Crippen LogP contribution in [0.2, 0.25) is 0 Å². The van der Waals surface area contributed by atoms with E-state index in [1.54, 1.807) is 41.8 Å². The Hall–Kier alpha value is -3.15. The normalized spacial score (nSPS) is 14.6. The van der Waals surface area contributed by atoms with Gasteiger partial charge in [0.15, 0.2) is 0 Å². The number of benzene rings is 1. The van der Waals surface area contributed by atoms with Gasteiger partial charge in [-0.15, -0.1) is 11.3 Å². The van der Waals surface area contributed by atoms with Crippen molar-refractivity contribution in [2.45, 2.75) is 11.4 Å². The van der Waals surface area contributed by atoms with Gasteiger partial charge in [-0.05, 0) is 35.7 Å². The van der Waals surface area contributed by atoms with E-state index in [0.29, 0.717) is 36.8 Å². The minimum atomic E-state index is -3.80. The van der Waals surface area contributed by atoms with Crippen LogP contribution in [0, 0.1) is 0 Å². The number of piperazine rings is 1. The van der Waals surface area contributed by atoms with Crippen LogP contribution in [0.1, 0.15) is 15.2 Å². The van der Waals surface area contributed by atoms with Gasteiger partial charge in [0.2, 0.25) is 10.0 Å². The molecule has 3 aromatic rings. The number of sulfonamides is 1. The minimum Gasteiger partial charge on any atom is -0.497 e. The van der Waals surface area contributed by atoms with E-state index < -0.39 is 10.0 Å². The molecule has 1 saturated heterocycles. The maximum Gasteiger partial charge on any atom is 0.255 e. The third-order valence-corrected chi connectivity index (χ3v) is 8.36. The number of thiophene rings is 1. The van der Waals surface area contributed by atoms with Crippen molar-refractivity contribution in [2.75, 3.05) is 45.3 Å². The minimum absolute atomic E-state index is 0.0641. The van der Waals surface area contributed by atoms with E-state index in [4.69, 9.17) is 9.47 Å². The number of amides is 1. The van der Waals surface area contributed by atoms with Gasteiger partial charge >= 0.3 is 0 Å². The van der Waals surface area contributed by atoms with Crippen LogP contribution in [0.25, 0.3) is 0 Å². The highest BCUT2D eigenvalue weighted by Gasteiger charge is 2.32. The van der Waals surface area contributed by atoms with Gasteiger partial charge in [-0.2, -0.15) is 4.31 Å². The van der Waals surface area contributed by atoms with Crippen molar-refractivity contribution in [1.82, 2.24) is 14.6 Å². The maximum absolute atomic E-state index is 13.3. The molecule has 180 valence electrons. The number of aromatic nitrogens is 1. The average molecular weight is 503 g/mol. The van der Waals surface area contributed by atoms with E-state index in [9.17, 15) is 13.2 Å². The Balaban J connectivity index is 1.48. The lowest BCUT2D eigenvalue weighted by Crippen LogP contribution is -2.49. The van der Waals surface area contributed by atoms with Gasteiger partial charge in [-0.1, -0.05) is 6.07 Å². The molecule has 0 unspecified atom stereocenters. The first kappa shape index (κ1) is 24.0. The summed E-state index contributed by atoms with van der Waals surface area (Å²) in [7, 11) is -0.881. The van der Waals surface area contributed by atoms with Gasteiger partial charge in [-0.3, -0.25) is 4.79 Å². The highest BCUT2D eigenvalue weighted by atomic mass is 32.2. The molecule has 1 aliphatic rings. The van der Waals surface area contributed by atoms with Crippen LogP contribution in [0.15, 0.2) is 58.9 Å². The average Bonchev–Trinajstić information content (AvgIpc) is 3.40. The third-order valence-electron chi connectivity index (χ3n) is 5.56. The topological polar surface area (TPSA) is 101 Å². The molecule has 1 aliphatic heterocycles. The van der Waals surface area contributed by atoms with E-state index in [-0.39, 0.29) is 29.6 Å². The number of methoxy groups -OCH3 is 2. The van der Waals surface area contributed by atoms with Crippen LogP contribution in [-0.2, 0) is 16.6 Å². The molecule has 0 radical (unpaired) electrons. The number of hydrogen-bond donors (Lipinski definition) is 1. The monoisotopic (exact) mass is 502 g/mol. The first-order valence-corrected chi connectivity index (χ1v) is 13.0. The molecule has 0 saturated carbocycles. The summed E-state index contributed by atoms with van der Waals surface area (Å²) in [5.74, 6) is 1.03. The highest BCUT2D eigenvalue weighted by molar-refractivity contribution is 7.89. The van der Waals surface area contributed by atoms with Crippen molar-refractivity contribution < 1.29 is 22.7 Å². The van der Waals surface area contributed by atoms with Gasteiger partial charge in [0.05, 0.1) is 26.3 Å². The molecule has 11 heteroatoms. The number of anilines is 1. The largest absolute Gasteiger partial charge is 0.497 e. The molecule has 0 bridgehead atoms. The quantitative estimate of drug-likeness (QED) is 0.505. The molecule has 34 heavy (non-hydrogen) atoms. The molecule has 0 atom stereocenters. The second-order valence-corrected chi connectivity index (χ2v) is 10.5. The summed E-state index contributed by atoms with van der Waals surface area (Å²) < 4.78 is 38.6. The van der Waals surface area contributed by atoms with Crippen LogP contribution in [0.5, 0.6) is 11.5 Å². The van der Waals surface area contributed by atoms with Crippen LogP contribution in [0.3, 0.4) is 0 Å². The SMILES string of the molecule is COc1ccc(OC)c(S(=O)(=O)N2CCN(c3ncccc3C(=O)NCc3cccs3)CC2)c1. The number of carbonyl (C=O) groups excluding carboxylic acids is 1. The van der Waals surface area contributed by atoms with Crippen molar-refractivity contribution in [3.63, 3.8) is 0 Å². The fourth-order valence-corrected chi connectivity index (χ4v) is 6.00. The number of hydrogen-bond acceptors (Lipinski definition) is 8. The third kappa shape index (κ3) is 5.01. The Morgan fingerprint density at radius 3 is 2.56 bits per heavy atom. The van der Waals surface area contributed by atoms with E-state index in [1.807, 2.05) is 22.4 Å². The maximum atomic E-state index is 13.3. The van der Waals surface area contributed by atoms with Crippen molar-refractivity contribution >= 4 is 33.1 Å². The first-order valence-electron chi connectivity index (χ1n) is 10.7. The second-order valence-electron chi connectivity index (χ2n) is 7.54. The van der Waals surface area contributed by atoms with E-state index in [1.165, 1.54) is 24.6 Å². The van der Waals surface area contributed by atoms with Gasteiger partial charge in [0, 0.05) is 43.3 Å². The van der Waals surface area contributed by atoms with Gasteiger partial charge < -0.3 is 19.7 Å².